The van der Waals surface area contributed by atoms with Gasteiger partial charge in [-0.2, -0.15) is 0 Å². The zero-order chi connectivity index (χ0) is 15.6. The number of hydrogen-bond donors (Lipinski definition) is 2. The number of carbonyl (C=O) groups excluding carboxylic acids is 1. The van der Waals surface area contributed by atoms with Gasteiger partial charge >= 0.3 is 6.09 Å². The number of benzene rings is 1. The Morgan fingerprint density at radius 3 is 2.52 bits per heavy atom. The molecule has 0 heterocycles. The molecule has 116 valence electrons. The normalized spacial score (nSPS) is 21.4. The van der Waals surface area contributed by atoms with E-state index in [1.807, 2.05) is 20.8 Å². The Kier molecular flexibility index (Phi) is 4.81. The van der Waals surface area contributed by atoms with Crippen LogP contribution in [0.15, 0.2) is 22.7 Å². The molecule has 0 aliphatic heterocycles. The summed E-state index contributed by atoms with van der Waals surface area (Å²) in [6.45, 7) is 7.67. The summed E-state index contributed by atoms with van der Waals surface area (Å²) in [5, 5.41) is 6.39. The number of amides is 1. The third-order valence-corrected chi connectivity index (χ3v) is 4.00. The maximum absolute atomic E-state index is 11.7. The molecular weight excluding hydrogens is 332 g/mol. The first kappa shape index (κ1) is 16.1. The maximum atomic E-state index is 11.7. The van der Waals surface area contributed by atoms with Crippen LogP contribution in [0.5, 0.6) is 0 Å². The predicted octanol–water partition coefficient (Wildman–Crippen LogP) is 4.23. The minimum atomic E-state index is -0.446. The summed E-state index contributed by atoms with van der Waals surface area (Å²) in [5.74, 6) is 0. The summed E-state index contributed by atoms with van der Waals surface area (Å²) in [7, 11) is 0. The van der Waals surface area contributed by atoms with Crippen molar-refractivity contribution < 1.29 is 9.53 Å². The lowest BCUT2D eigenvalue weighted by Gasteiger charge is -2.37. The minimum absolute atomic E-state index is 0.196. The molecule has 0 aromatic heterocycles. The molecule has 4 nitrogen and oxygen atoms in total. The average molecular weight is 355 g/mol. The van der Waals surface area contributed by atoms with Gasteiger partial charge in [0.2, 0.25) is 0 Å². The van der Waals surface area contributed by atoms with E-state index in [4.69, 9.17) is 4.74 Å². The Morgan fingerprint density at radius 1 is 1.29 bits per heavy atom. The molecule has 1 aliphatic carbocycles. The number of rotatable bonds is 3. The van der Waals surface area contributed by atoms with E-state index >= 15 is 0 Å². The van der Waals surface area contributed by atoms with E-state index in [0.29, 0.717) is 6.04 Å². The highest BCUT2D eigenvalue weighted by atomic mass is 79.9. The van der Waals surface area contributed by atoms with E-state index in [9.17, 15) is 4.79 Å². The molecular formula is C16H23BrN2O2. The molecule has 21 heavy (non-hydrogen) atoms. The largest absolute Gasteiger partial charge is 0.444 e. The second-order valence-corrected chi connectivity index (χ2v) is 7.49. The van der Waals surface area contributed by atoms with Gasteiger partial charge in [0.15, 0.2) is 0 Å². The minimum Gasteiger partial charge on any atom is -0.444 e. The van der Waals surface area contributed by atoms with Gasteiger partial charge in [0.05, 0.1) is 0 Å². The van der Waals surface area contributed by atoms with Gasteiger partial charge in [-0.1, -0.05) is 6.07 Å². The van der Waals surface area contributed by atoms with Crippen LogP contribution in [0.4, 0.5) is 10.5 Å². The lowest BCUT2D eigenvalue weighted by molar-refractivity contribution is 0.0475. The smallest absolute Gasteiger partial charge is 0.407 e. The highest BCUT2D eigenvalue weighted by Crippen LogP contribution is 2.29. The van der Waals surface area contributed by atoms with Gasteiger partial charge < -0.3 is 15.4 Å². The van der Waals surface area contributed by atoms with Gasteiger partial charge in [-0.3, -0.25) is 0 Å². The fourth-order valence-electron chi connectivity index (χ4n) is 2.28. The third-order valence-electron chi connectivity index (χ3n) is 3.34. The fraction of sp³-hybridized carbons (Fsp3) is 0.562. The molecule has 5 heteroatoms. The van der Waals surface area contributed by atoms with Crippen LogP contribution >= 0.6 is 15.9 Å². The molecule has 0 radical (unpaired) electrons. The second-order valence-electron chi connectivity index (χ2n) is 6.64. The lowest BCUT2D eigenvalue weighted by Crippen LogP contribution is -2.50. The molecule has 1 aromatic rings. The van der Waals surface area contributed by atoms with Crippen LogP contribution in [0.3, 0.4) is 0 Å². The second kappa shape index (κ2) is 6.26. The first-order valence-electron chi connectivity index (χ1n) is 7.25. The molecule has 1 fully saturated rings. The number of hydrogen-bond acceptors (Lipinski definition) is 3. The molecule has 0 saturated heterocycles. The van der Waals surface area contributed by atoms with Gasteiger partial charge in [0.25, 0.3) is 0 Å². The third kappa shape index (κ3) is 4.92. The number of nitrogens with one attached hydrogen (secondary N) is 2. The van der Waals surface area contributed by atoms with Gasteiger partial charge in [0, 0.05) is 22.2 Å². The van der Waals surface area contributed by atoms with Crippen LogP contribution in [0, 0.1) is 6.92 Å². The first-order chi connectivity index (χ1) is 9.73. The molecule has 0 unspecified atom stereocenters. The SMILES string of the molecule is Cc1ccc(NC2CC(NC(=O)OC(C)(C)C)C2)c(Br)c1. The summed E-state index contributed by atoms with van der Waals surface area (Å²) in [6.07, 6.45) is 1.50. The van der Waals surface area contributed by atoms with Crippen molar-refractivity contribution in [3.63, 3.8) is 0 Å². The first-order valence-corrected chi connectivity index (χ1v) is 8.04. The summed E-state index contributed by atoms with van der Waals surface area (Å²) in [5.41, 5.74) is 1.88. The molecule has 2 N–H and O–H groups in total. The molecule has 1 aliphatic rings. The van der Waals surface area contributed by atoms with Gasteiger partial charge in [-0.15, -0.1) is 0 Å². The Labute approximate surface area is 134 Å². The van der Waals surface area contributed by atoms with Crippen LogP contribution in [0.25, 0.3) is 0 Å². The van der Waals surface area contributed by atoms with E-state index < -0.39 is 5.60 Å². The number of alkyl carbamates (subject to hydrolysis) is 1. The molecule has 1 saturated carbocycles. The summed E-state index contributed by atoms with van der Waals surface area (Å²) >= 11 is 3.57. The zero-order valence-electron chi connectivity index (χ0n) is 13.0. The van der Waals surface area contributed by atoms with Crippen molar-refractivity contribution in [3.05, 3.63) is 28.2 Å². The van der Waals surface area contributed by atoms with E-state index in [-0.39, 0.29) is 12.1 Å². The zero-order valence-corrected chi connectivity index (χ0v) is 14.6. The summed E-state index contributed by atoms with van der Waals surface area (Å²) in [6, 6.07) is 6.85. The maximum Gasteiger partial charge on any atom is 0.407 e. The molecule has 1 aromatic carbocycles. The Balaban J connectivity index is 1.75. The fourth-order valence-corrected chi connectivity index (χ4v) is 2.89. The van der Waals surface area contributed by atoms with Crippen LogP contribution in [-0.4, -0.2) is 23.8 Å². The van der Waals surface area contributed by atoms with Gasteiger partial charge in [0.1, 0.15) is 5.60 Å². The van der Waals surface area contributed by atoms with E-state index in [1.165, 1.54) is 5.56 Å². The number of carbonyl (C=O) groups is 1. The number of aryl methyl sites for hydroxylation is 1. The predicted molar refractivity (Wildman–Crippen MR) is 88.7 cm³/mol. The van der Waals surface area contributed by atoms with E-state index in [0.717, 1.165) is 23.0 Å². The van der Waals surface area contributed by atoms with Crippen molar-refractivity contribution in [1.82, 2.24) is 5.32 Å². The van der Waals surface area contributed by atoms with Gasteiger partial charge in [-0.05, 0) is 74.2 Å². The summed E-state index contributed by atoms with van der Waals surface area (Å²) < 4.78 is 6.33. The van der Waals surface area contributed by atoms with Gasteiger partial charge in [-0.25, -0.2) is 4.79 Å². The summed E-state index contributed by atoms with van der Waals surface area (Å²) in [4.78, 5) is 11.7. The van der Waals surface area contributed by atoms with Crippen LogP contribution in [0.1, 0.15) is 39.2 Å². The standard InChI is InChI=1S/C16H23BrN2O2/c1-10-5-6-14(13(17)7-10)18-11-8-12(9-11)19-15(20)21-16(2,3)4/h5-7,11-12,18H,8-9H2,1-4H3,(H,19,20). The van der Waals surface area contributed by atoms with E-state index in [1.54, 1.807) is 0 Å². The average Bonchev–Trinajstić information content (AvgIpc) is 2.26. The Bertz CT molecular complexity index is 519. The monoisotopic (exact) mass is 354 g/mol. The quantitative estimate of drug-likeness (QED) is 0.853. The van der Waals surface area contributed by atoms with Crippen molar-refractivity contribution in [1.29, 1.82) is 0 Å². The van der Waals surface area contributed by atoms with Crippen molar-refractivity contribution in [2.75, 3.05) is 5.32 Å². The molecule has 0 bridgehead atoms. The van der Waals surface area contributed by atoms with Crippen molar-refractivity contribution in [2.45, 2.75) is 58.2 Å². The Hall–Kier alpha value is -1.23. The van der Waals surface area contributed by atoms with Crippen LogP contribution in [-0.2, 0) is 4.74 Å². The number of halogens is 1. The van der Waals surface area contributed by atoms with E-state index in [2.05, 4.69) is 51.7 Å². The molecule has 1 amide bonds. The van der Waals surface area contributed by atoms with Crippen molar-refractivity contribution >= 4 is 27.7 Å². The molecule has 0 spiro atoms. The van der Waals surface area contributed by atoms with Crippen molar-refractivity contribution in [2.24, 2.45) is 0 Å². The number of ether oxygens (including phenoxy) is 1. The highest BCUT2D eigenvalue weighted by Gasteiger charge is 2.31. The van der Waals surface area contributed by atoms with Crippen LogP contribution in [0.2, 0.25) is 0 Å². The number of anilines is 1. The lowest BCUT2D eigenvalue weighted by atomic mass is 9.86. The topological polar surface area (TPSA) is 50.4 Å². The molecule has 0 atom stereocenters. The highest BCUT2D eigenvalue weighted by molar-refractivity contribution is 9.10. The molecule has 2 rings (SSSR count). The van der Waals surface area contributed by atoms with Crippen molar-refractivity contribution in [3.8, 4) is 0 Å². The van der Waals surface area contributed by atoms with Crippen LogP contribution < -0.4 is 10.6 Å². The Morgan fingerprint density at radius 2 is 1.95 bits per heavy atom.